The molecule has 8 nitrogen and oxygen atoms in total. The molecule has 16 heavy (non-hydrogen) atoms. The summed E-state index contributed by atoms with van der Waals surface area (Å²) in [5, 5.41) is 22.0. The van der Waals surface area contributed by atoms with Crippen LogP contribution in [-0.2, 0) is 0 Å². The second kappa shape index (κ2) is 3.50. The van der Waals surface area contributed by atoms with E-state index < -0.39 is 0 Å². The molecular weight excluding hydrogens is 208 g/mol. The lowest BCUT2D eigenvalue weighted by atomic mass is 10.2. The second-order valence-corrected chi connectivity index (χ2v) is 3.00. The van der Waals surface area contributed by atoms with Crippen molar-refractivity contribution in [3.8, 4) is 11.4 Å². The minimum Gasteiger partial charge on any atom is -0.198 e. The standard InChI is InChI=1S/C8H6N8/c1-2-4-8(16-6-10-12-14-16)7(3-1)15-5-9-11-13-15/h1-6H. The molecule has 78 valence electrons. The van der Waals surface area contributed by atoms with Crippen LogP contribution in [0.15, 0.2) is 36.9 Å². The van der Waals surface area contributed by atoms with Crippen molar-refractivity contribution in [2.24, 2.45) is 0 Å². The van der Waals surface area contributed by atoms with Crippen LogP contribution in [0, 0.1) is 0 Å². The molecular formula is C8H6N8. The number of aromatic nitrogens is 8. The number of tetrazole rings is 2. The third kappa shape index (κ3) is 1.32. The molecule has 0 bridgehead atoms. The molecule has 2 heterocycles. The fourth-order valence-electron chi connectivity index (χ4n) is 1.39. The molecule has 0 spiro atoms. The maximum atomic E-state index is 3.83. The third-order valence-corrected chi connectivity index (χ3v) is 2.07. The van der Waals surface area contributed by atoms with Crippen molar-refractivity contribution < 1.29 is 0 Å². The van der Waals surface area contributed by atoms with Gasteiger partial charge in [0.15, 0.2) is 0 Å². The maximum absolute atomic E-state index is 3.83. The van der Waals surface area contributed by atoms with E-state index in [1.807, 2.05) is 24.3 Å². The Morgan fingerprint density at radius 2 is 1.25 bits per heavy atom. The molecule has 0 unspecified atom stereocenters. The van der Waals surface area contributed by atoms with Gasteiger partial charge in [0.25, 0.3) is 0 Å². The molecule has 0 aliphatic carbocycles. The number of para-hydroxylation sites is 2. The highest BCUT2D eigenvalue weighted by atomic mass is 15.6. The van der Waals surface area contributed by atoms with Gasteiger partial charge < -0.3 is 0 Å². The van der Waals surface area contributed by atoms with Crippen molar-refractivity contribution >= 4 is 0 Å². The zero-order valence-corrected chi connectivity index (χ0v) is 8.04. The lowest BCUT2D eigenvalue weighted by molar-refractivity contribution is 0.753. The van der Waals surface area contributed by atoms with Crippen molar-refractivity contribution in [2.45, 2.75) is 0 Å². The molecule has 0 aliphatic heterocycles. The highest BCUT2D eigenvalue weighted by Gasteiger charge is 2.07. The van der Waals surface area contributed by atoms with Crippen LogP contribution in [0.2, 0.25) is 0 Å². The Kier molecular flexibility index (Phi) is 1.89. The summed E-state index contributed by atoms with van der Waals surface area (Å²) in [6.07, 6.45) is 3.03. The summed E-state index contributed by atoms with van der Waals surface area (Å²) in [5.74, 6) is 0. The zero-order chi connectivity index (χ0) is 10.8. The van der Waals surface area contributed by atoms with Crippen LogP contribution < -0.4 is 0 Å². The van der Waals surface area contributed by atoms with Crippen molar-refractivity contribution in [1.82, 2.24) is 40.4 Å². The average Bonchev–Trinajstić information content (AvgIpc) is 3.03. The minimum absolute atomic E-state index is 0.805. The predicted molar refractivity (Wildman–Crippen MR) is 51.9 cm³/mol. The van der Waals surface area contributed by atoms with Gasteiger partial charge in [-0.2, -0.15) is 9.36 Å². The van der Waals surface area contributed by atoms with Gasteiger partial charge in [0.05, 0.1) is 11.4 Å². The summed E-state index contributed by atoms with van der Waals surface area (Å²) in [7, 11) is 0. The molecule has 0 saturated carbocycles. The summed E-state index contributed by atoms with van der Waals surface area (Å²) >= 11 is 0. The van der Waals surface area contributed by atoms with Crippen molar-refractivity contribution in [3.05, 3.63) is 36.9 Å². The molecule has 8 heteroatoms. The summed E-state index contributed by atoms with van der Waals surface area (Å²) in [6.45, 7) is 0. The van der Waals surface area contributed by atoms with E-state index in [0.717, 1.165) is 11.4 Å². The Hall–Kier alpha value is -2.64. The molecule has 0 N–H and O–H groups in total. The van der Waals surface area contributed by atoms with Crippen molar-refractivity contribution in [1.29, 1.82) is 0 Å². The smallest absolute Gasteiger partial charge is 0.143 e. The number of hydrogen-bond donors (Lipinski definition) is 0. The molecule has 1 aromatic carbocycles. The monoisotopic (exact) mass is 214 g/mol. The van der Waals surface area contributed by atoms with E-state index in [1.165, 1.54) is 12.7 Å². The van der Waals surface area contributed by atoms with E-state index in [2.05, 4.69) is 31.1 Å². The molecule has 0 aliphatic rings. The Morgan fingerprint density at radius 3 is 1.62 bits per heavy atom. The van der Waals surface area contributed by atoms with Crippen LogP contribution in [0.5, 0.6) is 0 Å². The SMILES string of the molecule is c1ccc(-n2cnnn2)c(-n2cnnn2)c1. The maximum Gasteiger partial charge on any atom is 0.143 e. The first-order valence-corrected chi connectivity index (χ1v) is 4.51. The number of rotatable bonds is 2. The first kappa shape index (κ1) is 8.65. The average molecular weight is 214 g/mol. The quantitative estimate of drug-likeness (QED) is 0.578. The van der Waals surface area contributed by atoms with Gasteiger partial charge in [0, 0.05) is 0 Å². The Balaban J connectivity index is 2.19. The van der Waals surface area contributed by atoms with Gasteiger partial charge >= 0.3 is 0 Å². The Morgan fingerprint density at radius 1 is 0.750 bits per heavy atom. The molecule has 0 atom stereocenters. The Bertz CT molecular complexity index is 517. The van der Waals surface area contributed by atoms with E-state index in [1.54, 1.807) is 9.36 Å². The summed E-state index contributed by atoms with van der Waals surface area (Å²) < 4.78 is 3.11. The fourth-order valence-corrected chi connectivity index (χ4v) is 1.39. The van der Waals surface area contributed by atoms with E-state index >= 15 is 0 Å². The van der Waals surface area contributed by atoms with Gasteiger partial charge in [-0.05, 0) is 33.0 Å². The molecule has 0 fully saturated rings. The van der Waals surface area contributed by atoms with Crippen LogP contribution in [-0.4, -0.2) is 40.4 Å². The van der Waals surface area contributed by atoms with E-state index in [4.69, 9.17) is 0 Å². The summed E-state index contributed by atoms with van der Waals surface area (Å²) in [5.41, 5.74) is 1.61. The first-order valence-electron chi connectivity index (χ1n) is 4.51. The molecule has 0 radical (unpaired) electrons. The molecule has 2 aromatic heterocycles. The second-order valence-electron chi connectivity index (χ2n) is 3.00. The summed E-state index contributed by atoms with van der Waals surface area (Å²) in [4.78, 5) is 0. The lowest BCUT2D eigenvalue weighted by Gasteiger charge is -2.05. The normalized spacial score (nSPS) is 10.5. The number of benzene rings is 1. The number of nitrogens with zero attached hydrogens (tertiary/aromatic N) is 8. The van der Waals surface area contributed by atoms with Crippen LogP contribution >= 0.6 is 0 Å². The topological polar surface area (TPSA) is 87.2 Å². The number of hydrogen-bond acceptors (Lipinski definition) is 6. The van der Waals surface area contributed by atoms with Gasteiger partial charge in [0.1, 0.15) is 12.7 Å². The molecule has 0 saturated heterocycles. The lowest BCUT2D eigenvalue weighted by Crippen LogP contribution is -2.04. The van der Waals surface area contributed by atoms with Gasteiger partial charge in [-0.25, -0.2) is 0 Å². The van der Waals surface area contributed by atoms with Gasteiger partial charge in [-0.1, -0.05) is 12.1 Å². The highest BCUT2D eigenvalue weighted by Crippen LogP contribution is 2.15. The largest absolute Gasteiger partial charge is 0.198 e. The molecule has 3 aromatic rings. The van der Waals surface area contributed by atoms with E-state index in [-0.39, 0.29) is 0 Å². The fraction of sp³-hybridized carbons (Fsp3) is 0. The first-order chi connectivity index (χ1) is 7.95. The van der Waals surface area contributed by atoms with Crippen LogP contribution in [0.25, 0.3) is 11.4 Å². The van der Waals surface area contributed by atoms with Crippen LogP contribution in [0.4, 0.5) is 0 Å². The van der Waals surface area contributed by atoms with Crippen LogP contribution in [0.3, 0.4) is 0 Å². The molecule has 0 amide bonds. The minimum atomic E-state index is 0.805. The van der Waals surface area contributed by atoms with Gasteiger partial charge in [0.2, 0.25) is 0 Å². The van der Waals surface area contributed by atoms with E-state index in [0.29, 0.717) is 0 Å². The Labute approximate surface area is 89.5 Å². The predicted octanol–water partition coefficient (Wildman–Crippen LogP) is -0.362. The van der Waals surface area contributed by atoms with E-state index in [9.17, 15) is 0 Å². The van der Waals surface area contributed by atoms with Crippen molar-refractivity contribution in [3.63, 3.8) is 0 Å². The molecule has 3 rings (SSSR count). The van der Waals surface area contributed by atoms with Crippen molar-refractivity contribution in [2.75, 3.05) is 0 Å². The highest BCUT2D eigenvalue weighted by molar-refractivity contribution is 5.50. The van der Waals surface area contributed by atoms with Gasteiger partial charge in [-0.15, -0.1) is 10.2 Å². The van der Waals surface area contributed by atoms with Crippen LogP contribution in [0.1, 0.15) is 0 Å². The summed E-state index contributed by atoms with van der Waals surface area (Å²) in [6, 6.07) is 7.55. The van der Waals surface area contributed by atoms with Gasteiger partial charge in [-0.3, -0.25) is 0 Å². The zero-order valence-electron chi connectivity index (χ0n) is 8.04. The third-order valence-electron chi connectivity index (χ3n) is 2.07.